The molecule has 0 saturated carbocycles. The van der Waals surface area contributed by atoms with Gasteiger partial charge in [0.15, 0.2) is 5.75 Å². The molecular formula is C15H20N4O3. The Morgan fingerprint density at radius 1 is 1.50 bits per heavy atom. The zero-order chi connectivity index (χ0) is 16.1. The minimum atomic E-state index is -0.638. The van der Waals surface area contributed by atoms with Crippen LogP contribution in [0.4, 0.5) is 5.69 Å². The quantitative estimate of drug-likeness (QED) is 0.636. The molecule has 0 radical (unpaired) electrons. The predicted octanol–water partition coefficient (Wildman–Crippen LogP) is 1.92. The Morgan fingerprint density at radius 2 is 2.18 bits per heavy atom. The number of hydrogen-bond donors (Lipinski definition) is 2. The first-order valence-electron chi connectivity index (χ1n) is 7.44. The number of nitrogens with one attached hydrogen (secondary N) is 1. The zero-order valence-electron chi connectivity index (χ0n) is 12.6. The Morgan fingerprint density at radius 3 is 2.73 bits per heavy atom. The molecule has 1 atom stereocenters. The van der Waals surface area contributed by atoms with Crippen LogP contribution in [0.2, 0.25) is 0 Å². The van der Waals surface area contributed by atoms with Crippen molar-refractivity contribution in [2.75, 3.05) is 26.2 Å². The van der Waals surface area contributed by atoms with Crippen LogP contribution in [0, 0.1) is 21.4 Å². The summed E-state index contributed by atoms with van der Waals surface area (Å²) in [6.45, 7) is 5.36. The van der Waals surface area contributed by atoms with Gasteiger partial charge in [-0.3, -0.25) is 15.0 Å². The van der Waals surface area contributed by atoms with E-state index in [4.69, 9.17) is 5.26 Å². The topological polar surface area (TPSA) is 102 Å². The molecule has 118 valence electrons. The fourth-order valence-electron chi connectivity index (χ4n) is 2.90. The maximum Gasteiger partial charge on any atom is 0.312 e. The van der Waals surface area contributed by atoms with Gasteiger partial charge >= 0.3 is 5.69 Å². The highest BCUT2D eigenvalue weighted by Crippen LogP contribution is 2.39. The fourth-order valence-corrected chi connectivity index (χ4v) is 2.90. The molecule has 0 amide bonds. The second kappa shape index (κ2) is 7.20. The molecule has 1 aliphatic rings. The van der Waals surface area contributed by atoms with Gasteiger partial charge in [-0.25, -0.2) is 0 Å². The number of piperazine rings is 1. The first-order valence-corrected chi connectivity index (χ1v) is 7.44. The van der Waals surface area contributed by atoms with E-state index in [1.807, 2.05) is 13.0 Å². The Balaban J connectivity index is 2.47. The lowest BCUT2D eigenvalue weighted by atomic mass is 9.96. The minimum absolute atomic E-state index is 0.112. The van der Waals surface area contributed by atoms with Gasteiger partial charge in [-0.15, -0.1) is 0 Å². The van der Waals surface area contributed by atoms with E-state index in [1.165, 1.54) is 0 Å². The van der Waals surface area contributed by atoms with E-state index in [-0.39, 0.29) is 17.4 Å². The molecule has 2 N–H and O–H groups in total. The van der Waals surface area contributed by atoms with Gasteiger partial charge < -0.3 is 10.4 Å². The maximum atomic E-state index is 11.1. The standard InChI is InChI=1S/C15H20N4O3/c1-2-3-13(18-6-4-17-5-7-18)12-8-11(10-16)9-14(15(12)20)19(21)22/h8-9,13,17,20H,2-7H2,1H3/t13-/m0/s1. The average Bonchev–Trinajstić information content (AvgIpc) is 2.53. The van der Waals surface area contributed by atoms with Crippen molar-refractivity contribution in [3.63, 3.8) is 0 Å². The summed E-state index contributed by atoms with van der Waals surface area (Å²) in [5.74, 6) is -0.319. The third-order valence-electron chi connectivity index (χ3n) is 3.96. The van der Waals surface area contributed by atoms with Crippen molar-refractivity contribution in [1.82, 2.24) is 10.2 Å². The Bertz CT molecular complexity index is 591. The number of nitro groups is 1. The lowest BCUT2D eigenvalue weighted by molar-refractivity contribution is -0.386. The Hall–Kier alpha value is -2.17. The second-order valence-electron chi connectivity index (χ2n) is 5.39. The van der Waals surface area contributed by atoms with Crippen molar-refractivity contribution < 1.29 is 10.0 Å². The average molecular weight is 304 g/mol. The van der Waals surface area contributed by atoms with Crippen LogP contribution in [0.25, 0.3) is 0 Å². The molecule has 22 heavy (non-hydrogen) atoms. The van der Waals surface area contributed by atoms with E-state index in [2.05, 4.69) is 10.2 Å². The number of nitriles is 1. The van der Waals surface area contributed by atoms with Crippen LogP contribution in [0.1, 0.15) is 36.9 Å². The van der Waals surface area contributed by atoms with Crippen molar-refractivity contribution in [1.29, 1.82) is 5.26 Å². The lowest BCUT2D eigenvalue weighted by Gasteiger charge is -2.35. The minimum Gasteiger partial charge on any atom is -0.502 e. The van der Waals surface area contributed by atoms with Gasteiger partial charge in [0.05, 0.1) is 16.6 Å². The Kier molecular flexibility index (Phi) is 5.31. The van der Waals surface area contributed by atoms with Crippen LogP contribution in [0.3, 0.4) is 0 Å². The third kappa shape index (κ3) is 3.35. The molecule has 0 spiro atoms. The molecule has 1 aromatic carbocycles. The number of hydrogen-bond acceptors (Lipinski definition) is 6. The van der Waals surface area contributed by atoms with Crippen molar-refractivity contribution >= 4 is 5.69 Å². The molecule has 1 saturated heterocycles. The number of rotatable bonds is 5. The normalized spacial score (nSPS) is 16.9. The molecule has 1 heterocycles. The predicted molar refractivity (Wildman–Crippen MR) is 81.6 cm³/mol. The van der Waals surface area contributed by atoms with Gasteiger partial charge in [-0.05, 0) is 12.5 Å². The van der Waals surface area contributed by atoms with Crippen LogP contribution in [0.15, 0.2) is 12.1 Å². The van der Waals surface area contributed by atoms with Crippen LogP contribution in [-0.2, 0) is 0 Å². The highest BCUT2D eigenvalue weighted by molar-refractivity contribution is 5.57. The van der Waals surface area contributed by atoms with Gasteiger partial charge in [0.25, 0.3) is 0 Å². The monoisotopic (exact) mass is 304 g/mol. The van der Waals surface area contributed by atoms with Crippen LogP contribution >= 0.6 is 0 Å². The molecule has 0 bridgehead atoms. The van der Waals surface area contributed by atoms with E-state index < -0.39 is 10.6 Å². The molecule has 2 rings (SSSR count). The van der Waals surface area contributed by atoms with Gasteiger partial charge in [-0.2, -0.15) is 5.26 Å². The number of nitrogens with zero attached hydrogens (tertiary/aromatic N) is 3. The number of nitro benzene ring substituents is 1. The SMILES string of the molecule is CCC[C@@H](c1cc(C#N)cc([N+](=O)[O-])c1O)N1CCNCC1. The molecule has 1 aromatic rings. The van der Waals surface area contributed by atoms with Crippen molar-refractivity contribution in [2.24, 2.45) is 0 Å². The number of benzene rings is 1. The van der Waals surface area contributed by atoms with Crippen molar-refractivity contribution in [3.05, 3.63) is 33.4 Å². The lowest BCUT2D eigenvalue weighted by Crippen LogP contribution is -2.45. The van der Waals surface area contributed by atoms with Gasteiger partial charge in [0.1, 0.15) is 0 Å². The molecule has 7 heteroatoms. The van der Waals surface area contributed by atoms with Crippen LogP contribution in [0.5, 0.6) is 5.75 Å². The third-order valence-corrected chi connectivity index (χ3v) is 3.96. The van der Waals surface area contributed by atoms with Crippen LogP contribution in [-0.4, -0.2) is 41.1 Å². The first-order chi connectivity index (χ1) is 10.6. The molecule has 0 unspecified atom stereocenters. The smallest absolute Gasteiger partial charge is 0.312 e. The molecular weight excluding hydrogens is 284 g/mol. The zero-order valence-corrected chi connectivity index (χ0v) is 12.6. The summed E-state index contributed by atoms with van der Waals surface area (Å²) in [5, 5.41) is 33.8. The van der Waals surface area contributed by atoms with Crippen LogP contribution < -0.4 is 5.32 Å². The Labute approximate surface area is 129 Å². The summed E-state index contributed by atoms with van der Waals surface area (Å²) in [6.07, 6.45) is 1.66. The van der Waals surface area contributed by atoms with Gasteiger partial charge in [0, 0.05) is 43.9 Å². The summed E-state index contributed by atoms with van der Waals surface area (Å²) >= 11 is 0. The molecule has 1 fully saturated rings. The van der Waals surface area contributed by atoms with E-state index in [1.54, 1.807) is 6.07 Å². The summed E-state index contributed by atoms with van der Waals surface area (Å²) in [4.78, 5) is 12.7. The number of phenolic OH excluding ortho intramolecular Hbond substituents is 1. The van der Waals surface area contributed by atoms with E-state index in [9.17, 15) is 15.2 Å². The second-order valence-corrected chi connectivity index (χ2v) is 5.39. The van der Waals surface area contributed by atoms with E-state index in [0.717, 1.165) is 45.1 Å². The maximum absolute atomic E-state index is 11.1. The molecule has 1 aliphatic heterocycles. The summed E-state index contributed by atoms with van der Waals surface area (Å²) < 4.78 is 0. The summed E-state index contributed by atoms with van der Waals surface area (Å²) in [5.41, 5.74) is 0.288. The van der Waals surface area contributed by atoms with E-state index >= 15 is 0 Å². The fraction of sp³-hybridized carbons (Fsp3) is 0.533. The first kappa shape index (κ1) is 16.2. The molecule has 0 aliphatic carbocycles. The molecule has 7 nitrogen and oxygen atoms in total. The van der Waals surface area contributed by atoms with Gasteiger partial charge in [-0.1, -0.05) is 13.3 Å². The highest BCUT2D eigenvalue weighted by atomic mass is 16.6. The molecule has 0 aromatic heterocycles. The van der Waals surface area contributed by atoms with Crippen molar-refractivity contribution in [2.45, 2.75) is 25.8 Å². The largest absolute Gasteiger partial charge is 0.502 e. The highest BCUT2D eigenvalue weighted by Gasteiger charge is 2.28. The summed E-state index contributed by atoms with van der Waals surface area (Å²) in [6, 6.07) is 4.53. The van der Waals surface area contributed by atoms with Crippen molar-refractivity contribution in [3.8, 4) is 11.8 Å². The van der Waals surface area contributed by atoms with E-state index in [0.29, 0.717) is 5.56 Å². The number of phenols is 1. The van der Waals surface area contributed by atoms with Gasteiger partial charge in [0.2, 0.25) is 0 Å². The number of aromatic hydroxyl groups is 1. The summed E-state index contributed by atoms with van der Waals surface area (Å²) in [7, 11) is 0.